The van der Waals surface area contributed by atoms with E-state index in [2.05, 4.69) is 19.6 Å². The molecule has 2 fully saturated rings. The normalized spacial score (nSPS) is 47.1. The first kappa shape index (κ1) is 8.34. The van der Waals surface area contributed by atoms with Crippen molar-refractivity contribution in [1.82, 2.24) is 0 Å². The second kappa shape index (κ2) is 2.90. The SMILES string of the molecule is C=CC1CCC2CCCCC12C. The minimum Gasteiger partial charge on any atom is -0.103 e. The smallest absolute Gasteiger partial charge is 0.0179 e. The first-order valence-electron chi connectivity index (χ1n) is 5.40. The van der Waals surface area contributed by atoms with Crippen molar-refractivity contribution in [3.8, 4) is 0 Å². The van der Waals surface area contributed by atoms with Crippen LogP contribution in [0.5, 0.6) is 0 Å². The Labute approximate surface area is 76.1 Å². The van der Waals surface area contributed by atoms with E-state index in [9.17, 15) is 0 Å². The van der Waals surface area contributed by atoms with Crippen LogP contribution in [0.3, 0.4) is 0 Å². The molecule has 12 heavy (non-hydrogen) atoms. The van der Waals surface area contributed by atoms with Gasteiger partial charge in [-0.3, -0.25) is 0 Å². The molecule has 0 amide bonds. The average Bonchev–Trinajstić information content (AvgIpc) is 2.41. The number of fused-ring (bicyclic) bond motifs is 1. The van der Waals surface area contributed by atoms with Crippen LogP contribution >= 0.6 is 0 Å². The predicted molar refractivity (Wildman–Crippen MR) is 53.0 cm³/mol. The highest BCUT2D eigenvalue weighted by Crippen LogP contribution is 2.55. The van der Waals surface area contributed by atoms with Gasteiger partial charge in [-0.1, -0.05) is 25.8 Å². The van der Waals surface area contributed by atoms with Gasteiger partial charge in [0.1, 0.15) is 0 Å². The lowest BCUT2D eigenvalue weighted by Gasteiger charge is -2.39. The standard InChI is InChI=1S/C12H20/c1-3-10-7-8-11-6-4-5-9-12(10,11)2/h3,10-11H,1,4-9H2,2H3. The Morgan fingerprint density at radius 1 is 1.25 bits per heavy atom. The van der Waals surface area contributed by atoms with Gasteiger partial charge in [0.15, 0.2) is 0 Å². The molecular formula is C12H20. The monoisotopic (exact) mass is 164 g/mol. The maximum absolute atomic E-state index is 3.98. The van der Waals surface area contributed by atoms with Crippen LogP contribution in [0.25, 0.3) is 0 Å². The lowest BCUT2D eigenvalue weighted by molar-refractivity contribution is 0.121. The van der Waals surface area contributed by atoms with Crippen LogP contribution in [0.1, 0.15) is 45.4 Å². The molecule has 2 rings (SSSR count). The second-order valence-electron chi connectivity index (χ2n) is 4.87. The fourth-order valence-electron chi connectivity index (χ4n) is 3.49. The van der Waals surface area contributed by atoms with Crippen LogP contribution < -0.4 is 0 Å². The Balaban J connectivity index is 2.19. The lowest BCUT2D eigenvalue weighted by atomic mass is 9.65. The van der Waals surface area contributed by atoms with Crippen LogP contribution in [-0.4, -0.2) is 0 Å². The molecule has 0 N–H and O–H groups in total. The maximum atomic E-state index is 3.98. The van der Waals surface area contributed by atoms with Gasteiger partial charge in [-0.15, -0.1) is 6.58 Å². The van der Waals surface area contributed by atoms with E-state index in [-0.39, 0.29) is 0 Å². The Kier molecular flexibility index (Phi) is 2.02. The van der Waals surface area contributed by atoms with Gasteiger partial charge in [0.25, 0.3) is 0 Å². The van der Waals surface area contributed by atoms with Crippen LogP contribution in [0, 0.1) is 17.3 Å². The zero-order chi connectivity index (χ0) is 8.60. The maximum Gasteiger partial charge on any atom is -0.0179 e. The summed E-state index contributed by atoms with van der Waals surface area (Å²) in [7, 11) is 0. The summed E-state index contributed by atoms with van der Waals surface area (Å²) in [6.07, 6.45) is 11.0. The van der Waals surface area contributed by atoms with Gasteiger partial charge < -0.3 is 0 Å². The molecular weight excluding hydrogens is 144 g/mol. The highest BCUT2D eigenvalue weighted by molar-refractivity contribution is 5.02. The van der Waals surface area contributed by atoms with E-state index in [1.807, 2.05) is 0 Å². The minimum absolute atomic E-state index is 0.639. The third-order valence-corrected chi connectivity index (χ3v) is 4.41. The van der Waals surface area contributed by atoms with Crippen LogP contribution in [0.2, 0.25) is 0 Å². The molecule has 0 bridgehead atoms. The molecule has 0 aromatic rings. The van der Waals surface area contributed by atoms with Crippen molar-refractivity contribution in [3.63, 3.8) is 0 Å². The molecule has 0 spiro atoms. The average molecular weight is 164 g/mol. The molecule has 0 saturated heterocycles. The Morgan fingerprint density at radius 2 is 2.08 bits per heavy atom. The summed E-state index contributed by atoms with van der Waals surface area (Å²) in [5.41, 5.74) is 0.639. The van der Waals surface area contributed by atoms with Crippen molar-refractivity contribution in [1.29, 1.82) is 0 Å². The third-order valence-electron chi connectivity index (χ3n) is 4.41. The largest absolute Gasteiger partial charge is 0.103 e. The molecule has 0 nitrogen and oxygen atoms in total. The zero-order valence-corrected chi connectivity index (χ0v) is 8.18. The Bertz CT molecular complexity index is 182. The quantitative estimate of drug-likeness (QED) is 0.517. The van der Waals surface area contributed by atoms with Crippen molar-refractivity contribution in [2.75, 3.05) is 0 Å². The van der Waals surface area contributed by atoms with E-state index >= 15 is 0 Å². The molecule has 68 valence electrons. The van der Waals surface area contributed by atoms with E-state index in [4.69, 9.17) is 0 Å². The second-order valence-corrected chi connectivity index (χ2v) is 4.87. The number of allylic oxidation sites excluding steroid dienone is 1. The summed E-state index contributed by atoms with van der Waals surface area (Å²) in [6.45, 7) is 6.48. The molecule has 2 saturated carbocycles. The van der Waals surface area contributed by atoms with Crippen LogP contribution in [0.4, 0.5) is 0 Å². The van der Waals surface area contributed by atoms with E-state index in [1.165, 1.54) is 38.5 Å². The van der Waals surface area contributed by atoms with Gasteiger partial charge in [-0.2, -0.15) is 0 Å². The van der Waals surface area contributed by atoms with Crippen molar-refractivity contribution < 1.29 is 0 Å². The number of rotatable bonds is 1. The Morgan fingerprint density at radius 3 is 2.83 bits per heavy atom. The highest BCUT2D eigenvalue weighted by Gasteiger charge is 2.45. The summed E-state index contributed by atoms with van der Waals surface area (Å²) in [4.78, 5) is 0. The molecule has 2 aliphatic carbocycles. The van der Waals surface area contributed by atoms with Crippen LogP contribution in [-0.2, 0) is 0 Å². The minimum atomic E-state index is 0.639. The summed E-state index contributed by atoms with van der Waals surface area (Å²) in [5, 5.41) is 0. The van der Waals surface area contributed by atoms with Crippen molar-refractivity contribution in [3.05, 3.63) is 12.7 Å². The number of hydrogen-bond acceptors (Lipinski definition) is 0. The summed E-state index contributed by atoms with van der Waals surface area (Å²) in [5.74, 6) is 1.84. The van der Waals surface area contributed by atoms with Gasteiger partial charge in [0.2, 0.25) is 0 Å². The fourth-order valence-corrected chi connectivity index (χ4v) is 3.49. The van der Waals surface area contributed by atoms with Gasteiger partial charge in [0.05, 0.1) is 0 Å². The molecule has 0 aliphatic heterocycles. The first-order chi connectivity index (χ1) is 5.77. The van der Waals surface area contributed by atoms with Crippen molar-refractivity contribution in [2.24, 2.45) is 17.3 Å². The molecule has 0 heteroatoms. The first-order valence-corrected chi connectivity index (χ1v) is 5.40. The van der Waals surface area contributed by atoms with E-state index in [1.54, 1.807) is 0 Å². The Hall–Kier alpha value is -0.260. The topological polar surface area (TPSA) is 0 Å². The molecule has 0 aromatic carbocycles. The van der Waals surface area contributed by atoms with Gasteiger partial charge in [-0.25, -0.2) is 0 Å². The molecule has 0 radical (unpaired) electrons. The molecule has 0 aromatic heterocycles. The summed E-state index contributed by atoms with van der Waals surface area (Å²) < 4.78 is 0. The van der Waals surface area contributed by atoms with Crippen LogP contribution in [0.15, 0.2) is 12.7 Å². The fraction of sp³-hybridized carbons (Fsp3) is 0.833. The van der Waals surface area contributed by atoms with Crippen molar-refractivity contribution in [2.45, 2.75) is 45.4 Å². The lowest BCUT2D eigenvalue weighted by Crippen LogP contribution is -2.30. The van der Waals surface area contributed by atoms with E-state index in [0.29, 0.717) is 5.41 Å². The van der Waals surface area contributed by atoms with Gasteiger partial charge in [0, 0.05) is 0 Å². The zero-order valence-electron chi connectivity index (χ0n) is 8.18. The molecule has 2 aliphatic rings. The number of hydrogen-bond donors (Lipinski definition) is 0. The summed E-state index contributed by atoms with van der Waals surface area (Å²) in [6, 6.07) is 0. The van der Waals surface area contributed by atoms with Crippen molar-refractivity contribution >= 4 is 0 Å². The molecule has 3 unspecified atom stereocenters. The highest BCUT2D eigenvalue weighted by atomic mass is 14.5. The van der Waals surface area contributed by atoms with E-state index in [0.717, 1.165) is 11.8 Å². The van der Waals surface area contributed by atoms with Gasteiger partial charge in [-0.05, 0) is 42.9 Å². The predicted octanol–water partition coefficient (Wildman–Crippen LogP) is 3.78. The molecule has 0 heterocycles. The van der Waals surface area contributed by atoms with Gasteiger partial charge >= 0.3 is 0 Å². The molecule has 3 atom stereocenters. The van der Waals surface area contributed by atoms with E-state index < -0.39 is 0 Å². The summed E-state index contributed by atoms with van der Waals surface area (Å²) >= 11 is 0. The third kappa shape index (κ3) is 1.04.